The fraction of sp³-hybridized carbons (Fsp3) is 0.241. The molecule has 0 fully saturated rings. The number of hydrogen-bond donors (Lipinski definition) is 2. The van der Waals surface area contributed by atoms with E-state index in [0.717, 1.165) is 45.9 Å². The van der Waals surface area contributed by atoms with Crippen LogP contribution < -0.4 is 22.1 Å². The molecule has 5 rings (SSSR count). The van der Waals surface area contributed by atoms with Gasteiger partial charge in [-0.15, -0.1) is 0 Å². The van der Waals surface area contributed by atoms with E-state index in [1.54, 1.807) is 36.4 Å². The Morgan fingerprint density at radius 3 is 2.17 bits per heavy atom. The molecule has 0 radical (unpaired) electrons. The van der Waals surface area contributed by atoms with E-state index in [1.807, 2.05) is 30.3 Å². The summed E-state index contributed by atoms with van der Waals surface area (Å²) in [5, 5.41) is 5.93. The normalized spacial score (nSPS) is 11.2. The minimum Gasteiger partial charge on any atom is -0.407 e. The lowest BCUT2D eigenvalue weighted by Crippen LogP contribution is -2.34. The van der Waals surface area contributed by atoms with E-state index in [-0.39, 0.29) is 6.54 Å². The third-order valence-corrected chi connectivity index (χ3v) is 6.93. The standard InChI is InChI=1S/C29H27ClN4O6/c30-21-17-23-25(40-29(38)34(23)27(36)32-18-19-10-4-3-5-11-19)16-20(21)12-6-1-2-9-15-31-26(35)33-22-13-7-8-14-24(22)39-28(33)37/h3-5,7-8,10-11,13-14,16-17H,1-2,6,9,12,15,18H2,(H,31,35)(H,32,36). The van der Waals surface area contributed by atoms with E-state index < -0.39 is 23.6 Å². The van der Waals surface area contributed by atoms with Crippen molar-refractivity contribution in [2.24, 2.45) is 0 Å². The van der Waals surface area contributed by atoms with Gasteiger partial charge in [0.05, 0.1) is 5.52 Å². The van der Waals surface area contributed by atoms with Crippen LogP contribution in [0.25, 0.3) is 22.2 Å². The molecule has 2 heterocycles. The number of amides is 2. The van der Waals surface area contributed by atoms with Gasteiger partial charge in [-0.2, -0.15) is 9.13 Å². The second kappa shape index (κ2) is 12.1. The summed E-state index contributed by atoms with van der Waals surface area (Å²) in [7, 11) is 0. The van der Waals surface area contributed by atoms with E-state index in [1.165, 1.54) is 0 Å². The van der Waals surface area contributed by atoms with E-state index in [0.29, 0.717) is 40.2 Å². The first-order valence-electron chi connectivity index (χ1n) is 13.0. The molecule has 0 aliphatic carbocycles. The zero-order valence-electron chi connectivity index (χ0n) is 21.5. The molecule has 0 aliphatic heterocycles. The molecule has 2 amide bonds. The quantitative estimate of drug-likeness (QED) is 0.235. The van der Waals surface area contributed by atoms with Crippen LogP contribution in [0.2, 0.25) is 5.02 Å². The number of rotatable bonds is 9. The molecule has 2 N–H and O–H groups in total. The maximum atomic E-state index is 12.7. The van der Waals surface area contributed by atoms with Crippen LogP contribution in [0.4, 0.5) is 9.59 Å². The van der Waals surface area contributed by atoms with Crippen LogP contribution in [-0.4, -0.2) is 27.7 Å². The molecule has 0 atom stereocenters. The van der Waals surface area contributed by atoms with Gasteiger partial charge >= 0.3 is 23.6 Å². The third-order valence-electron chi connectivity index (χ3n) is 6.58. The van der Waals surface area contributed by atoms with Gasteiger partial charge in [0, 0.05) is 18.1 Å². The molecule has 3 aromatic carbocycles. The smallest absolute Gasteiger partial charge is 0.407 e. The number of fused-ring (bicyclic) bond motifs is 2. The van der Waals surface area contributed by atoms with Gasteiger partial charge < -0.3 is 19.5 Å². The van der Waals surface area contributed by atoms with Crippen LogP contribution >= 0.6 is 11.6 Å². The van der Waals surface area contributed by atoms with Gasteiger partial charge in [-0.1, -0.05) is 66.9 Å². The number of unbranched alkanes of at least 4 members (excludes halogenated alkanes) is 3. The molecule has 5 aromatic rings. The van der Waals surface area contributed by atoms with Crippen LogP contribution in [0.3, 0.4) is 0 Å². The second-order valence-corrected chi connectivity index (χ2v) is 9.73. The molecule has 2 aromatic heterocycles. The van der Waals surface area contributed by atoms with Crippen molar-refractivity contribution in [1.82, 2.24) is 19.8 Å². The average molecular weight is 563 g/mol. The fourth-order valence-electron chi connectivity index (χ4n) is 4.54. The van der Waals surface area contributed by atoms with Crippen molar-refractivity contribution in [3.05, 3.63) is 104 Å². The Bertz CT molecular complexity index is 1780. The first kappa shape index (κ1) is 27.0. The third kappa shape index (κ3) is 5.86. The number of aromatic nitrogens is 2. The van der Waals surface area contributed by atoms with Crippen molar-refractivity contribution in [1.29, 1.82) is 0 Å². The van der Waals surface area contributed by atoms with Gasteiger partial charge in [0.2, 0.25) is 0 Å². The molecule has 10 nitrogen and oxygen atoms in total. The van der Waals surface area contributed by atoms with Gasteiger partial charge in [-0.3, -0.25) is 0 Å². The van der Waals surface area contributed by atoms with Crippen molar-refractivity contribution in [3.63, 3.8) is 0 Å². The molecular weight excluding hydrogens is 536 g/mol. The molecule has 0 spiro atoms. The molecular formula is C29H27ClN4O6. The van der Waals surface area contributed by atoms with Crippen LogP contribution in [0.1, 0.15) is 36.8 Å². The van der Waals surface area contributed by atoms with Crippen molar-refractivity contribution >= 4 is 45.9 Å². The molecule has 206 valence electrons. The van der Waals surface area contributed by atoms with Gasteiger partial charge in [0.1, 0.15) is 5.52 Å². The topological polar surface area (TPSA) is 128 Å². The fourth-order valence-corrected chi connectivity index (χ4v) is 4.80. The van der Waals surface area contributed by atoms with Gasteiger partial charge in [-0.05, 0) is 54.7 Å². The number of halogens is 1. The molecule has 0 saturated carbocycles. The maximum Gasteiger partial charge on any atom is 0.428 e. The Morgan fingerprint density at radius 2 is 1.38 bits per heavy atom. The van der Waals surface area contributed by atoms with E-state index >= 15 is 0 Å². The predicted octanol–water partition coefficient (Wildman–Crippen LogP) is 5.27. The number of aryl methyl sites for hydroxylation is 1. The number of carbonyl (C=O) groups excluding carboxylic acids is 2. The first-order valence-corrected chi connectivity index (χ1v) is 13.3. The van der Waals surface area contributed by atoms with Crippen molar-refractivity contribution < 1.29 is 18.4 Å². The van der Waals surface area contributed by atoms with Gasteiger partial charge in [-0.25, -0.2) is 19.2 Å². The number of carbonyl (C=O) groups is 2. The summed E-state index contributed by atoms with van der Waals surface area (Å²) in [5.41, 5.74) is 3.12. The largest absolute Gasteiger partial charge is 0.428 e. The maximum absolute atomic E-state index is 12.7. The summed E-state index contributed by atoms with van der Waals surface area (Å²) in [6, 6.07) is 18.3. The van der Waals surface area contributed by atoms with Gasteiger partial charge in [0.15, 0.2) is 11.2 Å². The highest BCUT2D eigenvalue weighted by molar-refractivity contribution is 6.32. The lowest BCUT2D eigenvalue weighted by atomic mass is 10.1. The Morgan fingerprint density at radius 1 is 0.725 bits per heavy atom. The predicted molar refractivity (Wildman–Crippen MR) is 151 cm³/mol. The Kier molecular flexibility index (Phi) is 8.16. The first-order chi connectivity index (χ1) is 19.4. The number of nitrogens with zero attached hydrogens (tertiary/aromatic N) is 2. The number of oxazole rings is 2. The zero-order chi connectivity index (χ0) is 28.1. The summed E-state index contributed by atoms with van der Waals surface area (Å²) in [6.07, 6.45) is 3.96. The monoisotopic (exact) mass is 562 g/mol. The number of hydrogen-bond acceptors (Lipinski definition) is 6. The van der Waals surface area contributed by atoms with Crippen LogP contribution in [0.5, 0.6) is 0 Å². The van der Waals surface area contributed by atoms with Crippen molar-refractivity contribution in [3.8, 4) is 0 Å². The Hall–Kier alpha value is -4.57. The number of benzene rings is 3. The van der Waals surface area contributed by atoms with Crippen LogP contribution in [0.15, 0.2) is 85.2 Å². The molecule has 0 unspecified atom stereocenters. The van der Waals surface area contributed by atoms with Crippen molar-refractivity contribution in [2.75, 3.05) is 6.54 Å². The Labute approximate surface area is 233 Å². The van der Waals surface area contributed by atoms with E-state index in [2.05, 4.69) is 10.6 Å². The highest BCUT2D eigenvalue weighted by atomic mass is 35.5. The molecule has 0 aliphatic rings. The summed E-state index contributed by atoms with van der Waals surface area (Å²) < 4.78 is 12.4. The molecule has 11 heteroatoms. The average Bonchev–Trinajstić information content (AvgIpc) is 3.46. The summed E-state index contributed by atoms with van der Waals surface area (Å²) >= 11 is 6.49. The minimum absolute atomic E-state index is 0.271. The summed E-state index contributed by atoms with van der Waals surface area (Å²) in [6.45, 7) is 0.690. The lowest BCUT2D eigenvalue weighted by molar-refractivity contribution is 0.240. The second-order valence-electron chi connectivity index (χ2n) is 9.33. The van der Waals surface area contributed by atoms with E-state index in [4.69, 9.17) is 20.4 Å². The zero-order valence-corrected chi connectivity index (χ0v) is 22.3. The summed E-state index contributed by atoms with van der Waals surface area (Å²) in [5.74, 6) is -1.49. The SMILES string of the molecule is O=C(NCCCCCCc1cc2oc(=O)n(C(=O)NCc3ccccc3)c2cc1Cl)n1c(=O)oc2ccccc21. The van der Waals surface area contributed by atoms with Crippen molar-refractivity contribution in [2.45, 2.75) is 38.6 Å². The highest BCUT2D eigenvalue weighted by Crippen LogP contribution is 2.25. The lowest BCUT2D eigenvalue weighted by Gasteiger charge is -2.08. The van der Waals surface area contributed by atoms with E-state index in [9.17, 15) is 19.2 Å². The minimum atomic E-state index is -0.776. The molecule has 0 saturated heterocycles. The van der Waals surface area contributed by atoms with Gasteiger partial charge in [0.25, 0.3) is 0 Å². The molecule has 40 heavy (non-hydrogen) atoms. The van der Waals surface area contributed by atoms with Crippen LogP contribution in [0, 0.1) is 0 Å². The Balaban J connectivity index is 1.10. The highest BCUT2D eigenvalue weighted by Gasteiger charge is 2.18. The molecule has 0 bridgehead atoms. The number of para-hydroxylation sites is 2. The number of nitrogens with one attached hydrogen (secondary N) is 2. The summed E-state index contributed by atoms with van der Waals surface area (Å²) in [4.78, 5) is 49.6. The van der Waals surface area contributed by atoms with Crippen LogP contribution in [-0.2, 0) is 13.0 Å².